The number of amides is 1. The molecule has 0 radical (unpaired) electrons. The minimum atomic E-state index is -0.464. The van der Waals surface area contributed by atoms with E-state index in [0.29, 0.717) is 11.4 Å². The molecule has 0 aliphatic carbocycles. The van der Waals surface area contributed by atoms with Crippen molar-refractivity contribution in [2.75, 3.05) is 12.4 Å². The molecule has 7 heteroatoms. The van der Waals surface area contributed by atoms with Crippen LogP contribution >= 0.6 is 0 Å². The molecule has 0 bridgehead atoms. The summed E-state index contributed by atoms with van der Waals surface area (Å²) in [6.45, 7) is -0.199. The first-order valence-corrected chi connectivity index (χ1v) is 7.82. The van der Waals surface area contributed by atoms with Gasteiger partial charge in [-0.2, -0.15) is 0 Å². The largest absolute Gasteiger partial charge is 0.497 e. The Bertz CT molecular complexity index is 984. The van der Waals surface area contributed by atoms with Crippen molar-refractivity contribution in [3.8, 4) is 17.0 Å². The molecule has 0 aliphatic heterocycles. The van der Waals surface area contributed by atoms with E-state index in [9.17, 15) is 14.0 Å². The van der Waals surface area contributed by atoms with Gasteiger partial charge in [-0.25, -0.2) is 9.37 Å². The van der Waals surface area contributed by atoms with Crippen LogP contribution in [-0.4, -0.2) is 22.6 Å². The van der Waals surface area contributed by atoms with Crippen molar-refractivity contribution >= 4 is 11.6 Å². The maximum atomic E-state index is 13.8. The van der Waals surface area contributed by atoms with E-state index >= 15 is 0 Å². The lowest BCUT2D eigenvalue weighted by atomic mass is 10.1. The van der Waals surface area contributed by atoms with Crippen LogP contribution in [0, 0.1) is 5.82 Å². The van der Waals surface area contributed by atoms with E-state index in [1.165, 1.54) is 24.5 Å². The van der Waals surface area contributed by atoms with Gasteiger partial charge in [-0.1, -0.05) is 12.1 Å². The van der Waals surface area contributed by atoms with Crippen molar-refractivity contribution < 1.29 is 13.9 Å². The molecule has 0 atom stereocenters. The number of benzene rings is 2. The van der Waals surface area contributed by atoms with Crippen molar-refractivity contribution in [3.05, 3.63) is 77.1 Å². The van der Waals surface area contributed by atoms with Crippen LogP contribution in [0.15, 0.2) is 65.7 Å². The monoisotopic (exact) mass is 353 g/mol. The summed E-state index contributed by atoms with van der Waals surface area (Å²) in [7, 11) is 1.55. The van der Waals surface area contributed by atoms with Gasteiger partial charge in [0.25, 0.3) is 5.56 Å². The first-order chi connectivity index (χ1) is 12.6. The molecule has 6 nitrogen and oxygen atoms in total. The van der Waals surface area contributed by atoms with Crippen molar-refractivity contribution in [1.82, 2.24) is 9.55 Å². The van der Waals surface area contributed by atoms with Crippen molar-refractivity contribution in [1.29, 1.82) is 0 Å². The van der Waals surface area contributed by atoms with E-state index in [2.05, 4.69) is 10.3 Å². The second-order valence-corrected chi connectivity index (χ2v) is 5.50. The lowest BCUT2D eigenvalue weighted by molar-refractivity contribution is -0.116. The predicted octanol–water partition coefficient (Wildman–Crippen LogP) is 2.70. The SMILES string of the molecule is COc1ccc(NC(=O)Cn2cnc(-c3ccccc3F)cc2=O)cc1. The maximum Gasteiger partial charge on any atom is 0.254 e. The second-order valence-electron chi connectivity index (χ2n) is 5.50. The fraction of sp³-hybridized carbons (Fsp3) is 0.105. The number of hydrogen-bond acceptors (Lipinski definition) is 4. The third kappa shape index (κ3) is 3.94. The number of ether oxygens (including phenoxy) is 1. The third-order valence-electron chi connectivity index (χ3n) is 3.72. The zero-order valence-corrected chi connectivity index (χ0v) is 14.0. The van der Waals surface area contributed by atoms with Crippen LogP contribution in [0.4, 0.5) is 10.1 Å². The number of methoxy groups -OCH3 is 1. The smallest absolute Gasteiger partial charge is 0.254 e. The summed E-state index contributed by atoms with van der Waals surface area (Å²) in [4.78, 5) is 28.4. The highest BCUT2D eigenvalue weighted by molar-refractivity contribution is 5.90. The van der Waals surface area contributed by atoms with E-state index < -0.39 is 11.4 Å². The van der Waals surface area contributed by atoms with Gasteiger partial charge >= 0.3 is 0 Å². The molecule has 132 valence electrons. The molecule has 1 aromatic heterocycles. The number of carbonyl (C=O) groups is 1. The standard InChI is InChI=1S/C19H16FN3O3/c1-26-14-8-6-13(7-9-14)22-18(24)11-23-12-21-17(10-19(23)25)15-4-2-3-5-16(15)20/h2-10,12H,11H2,1H3,(H,22,24). The zero-order chi connectivity index (χ0) is 18.5. The Hall–Kier alpha value is -3.48. The Morgan fingerprint density at radius 3 is 2.58 bits per heavy atom. The van der Waals surface area contributed by atoms with Crippen molar-refractivity contribution in [2.24, 2.45) is 0 Å². The number of carbonyl (C=O) groups excluding carboxylic acids is 1. The number of hydrogen-bond donors (Lipinski definition) is 1. The second kappa shape index (κ2) is 7.60. The molecule has 1 N–H and O–H groups in total. The van der Waals surface area contributed by atoms with Crippen LogP contribution < -0.4 is 15.6 Å². The normalized spacial score (nSPS) is 10.4. The molecular weight excluding hydrogens is 337 g/mol. The summed E-state index contributed by atoms with van der Waals surface area (Å²) < 4.78 is 20.0. The maximum absolute atomic E-state index is 13.8. The van der Waals surface area contributed by atoms with E-state index in [0.717, 1.165) is 4.57 Å². The van der Waals surface area contributed by atoms with Crippen LogP contribution in [0.1, 0.15) is 0 Å². The molecule has 0 aliphatic rings. The Labute approximate surface area is 148 Å². The van der Waals surface area contributed by atoms with Gasteiger partial charge < -0.3 is 10.1 Å². The van der Waals surface area contributed by atoms with Crippen molar-refractivity contribution in [3.63, 3.8) is 0 Å². The van der Waals surface area contributed by atoms with Gasteiger partial charge in [0.1, 0.15) is 18.1 Å². The van der Waals surface area contributed by atoms with Crippen LogP contribution in [0.2, 0.25) is 0 Å². The zero-order valence-electron chi connectivity index (χ0n) is 14.0. The van der Waals surface area contributed by atoms with E-state index in [1.807, 2.05) is 0 Å². The minimum absolute atomic E-state index is 0.199. The Balaban J connectivity index is 1.72. The van der Waals surface area contributed by atoms with Gasteiger partial charge in [0.2, 0.25) is 5.91 Å². The highest BCUT2D eigenvalue weighted by Crippen LogP contribution is 2.18. The average molecular weight is 353 g/mol. The molecule has 26 heavy (non-hydrogen) atoms. The molecule has 0 fully saturated rings. The molecule has 0 spiro atoms. The summed E-state index contributed by atoms with van der Waals surface area (Å²) in [6.07, 6.45) is 1.23. The van der Waals surface area contributed by atoms with Gasteiger partial charge in [0, 0.05) is 17.3 Å². The molecule has 0 unspecified atom stereocenters. The van der Waals surface area contributed by atoms with E-state index in [1.54, 1.807) is 43.5 Å². The van der Waals surface area contributed by atoms with Gasteiger partial charge in [-0.3, -0.25) is 14.2 Å². The number of rotatable bonds is 5. The topological polar surface area (TPSA) is 73.2 Å². The lowest BCUT2D eigenvalue weighted by Gasteiger charge is -2.09. The quantitative estimate of drug-likeness (QED) is 0.765. The van der Waals surface area contributed by atoms with Crippen LogP contribution in [0.25, 0.3) is 11.3 Å². The highest BCUT2D eigenvalue weighted by atomic mass is 19.1. The minimum Gasteiger partial charge on any atom is -0.497 e. The first-order valence-electron chi connectivity index (χ1n) is 7.82. The summed E-state index contributed by atoms with van der Waals surface area (Å²) >= 11 is 0. The van der Waals surface area contributed by atoms with E-state index in [4.69, 9.17) is 4.74 Å². The van der Waals surface area contributed by atoms with Crippen molar-refractivity contribution in [2.45, 2.75) is 6.54 Å². The van der Waals surface area contributed by atoms with Crippen LogP contribution in [0.5, 0.6) is 5.75 Å². The van der Waals surface area contributed by atoms with E-state index in [-0.39, 0.29) is 23.7 Å². The Morgan fingerprint density at radius 2 is 1.92 bits per heavy atom. The Kier molecular flexibility index (Phi) is 5.07. The van der Waals surface area contributed by atoms with Gasteiger partial charge in [-0.15, -0.1) is 0 Å². The molecule has 0 saturated heterocycles. The molecular formula is C19H16FN3O3. The molecule has 0 saturated carbocycles. The molecule has 1 amide bonds. The molecule has 3 aromatic rings. The van der Waals surface area contributed by atoms with Crippen LogP contribution in [0.3, 0.4) is 0 Å². The first kappa shape index (κ1) is 17.3. The fourth-order valence-electron chi connectivity index (χ4n) is 2.39. The van der Waals surface area contributed by atoms with Gasteiger partial charge in [-0.05, 0) is 36.4 Å². The summed E-state index contributed by atoms with van der Waals surface area (Å²) in [5, 5.41) is 2.68. The number of aromatic nitrogens is 2. The number of nitrogens with zero attached hydrogens (tertiary/aromatic N) is 2. The number of anilines is 1. The molecule has 3 rings (SSSR count). The average Bonchev–Trinajstić information content (AvgIpc) is 2.64. The third-order valence-corrected chi connectivity index (χ3v) is 3.72. The lowest BCUT2D eigenvalue weighted by Crippen LogP contribution is -2.27. The van der Waals surface area contributed by atoms with Gasteiger partial charge in [0.15, 0.2) is 0 Å². The predicted molar refractivity (Wildman–Crippen MR) is 95.5 cm³/mol. The summed E-state index contributed by atoms with van der Waals surface area (Å²) in [5.74, 6) is -0.167. The summed E-state index contributed by atoms with van der Waals surface area (Å²) in [6, 6.07) is 14.1. The molecule has 2 aromatic carbocycles. The van der Waals surface area contributed by atoms with Crippen LogP contribution in [-0.2, 0) is 11.3 Å². The number of halogens is 1. The summed E-state index contributed by atoms with van der Waals surface area (Å²) in [5.41, 5.74) is 0.599. The van der Waals surface area contributed by atoms with Gasteiger partial charge in [0.05, 0.1) is 19.1 Å². The molecule has 1 heterocycles. The number of nitrogens with one attached hydrogen (secondary N) is 1. The Morgan fingerprint density at radius 1 is 1.19 bits per heavy atom. The highest BCUT2D eigenvalue weighted by Gasteiger charge is 2.10. The fourth-order valence-corrected chi connectivity index (χ4v) is 2.39.